The molecule has 4 rings (SSSR count). The van der Waals surface area contributed by atoms with Crippen LogP contribution >= 0.6 is 0 Å². The number of nitrogens with zero attached hydrogens (tertiary/aromatic N) is 3. The van der Waals surface area contributed by atoms with Crippen molar-refractivity contribution in [1.29, 1.82) is 0 Å². The van der Waals surface area contributed by atoms with E-state index in [1.54, 1.807) is 13.3 Å². The van der Waals surface area contributed by atoms with Gasteiger partial charge in [0.25, 0.3) is 5.91 Å². The van der Waals surface area contributed by atoms with Gasteiger partial charge in [-0.15, -0.1) is 0 Å². The third-order valence-corrected chi connectivity index (χ3v) is 5.83. The van der Waals surface area contributed by atoms with Crippen LogP contribution in [-0.2, 0) is 6.54 Å². The number of amides is 1. The first-order valence-corrected chi connectivity index (χ1v) is 9.33. The molecule has 1 aromatic heterocycles. The highest BCUT2D eigenvalue weighted by atomic mass is 16.5. The molecule has 2 saturated heterocycles. The molecule has 2 aromatic rings. The van der Waals surface area contributed by atoms with Crippen LogP contribution in [0.15, 0.2) is 36.7 Å². The average molecular weight is 354 g/mol. The molecule has 2 fully saturated rings. The molecule has 0 radical (unpaired) electrons. The lowest BCUT2D eigenvalue weighted by Gasteiger charge is -2.38. The summed E-state index contributed by atoms with van der Waals surface area (Å²) in [6.07, 6.45) is 6.99. The van der Waals surface area contributed by atoms with Gasteiger partial charge < -0.3 is 15.0 Å². The molecule has 0 aliphatic carbocycles. The Morgan fingerprint density at radius 3 is 2.65 bits per heavy atom. The van der Waals surface area contributed by atoms with E-state index in [0.717, 1.165) is 50.3 Å². The average Bonchev–Trinajstić information content (AvgIpc) is 3.33. The smallest absolute Gasteiger partial charge is 0.257 e. The van der Waals surface area contributed by atoms with E-state index in [-0.39, 0.29) is 5.91 Å². The molecule has 138 valence electrons. The van der Waals surface area contributed by atoms with Crippen LogP contribution in [0.2, 0.25) is 0 Å². The van der Waals surface area contributed by atoms with E-state index >= 15 is 0 Å². The van der Waals surface area contributed by atoms with Crippen molar-refractivity contribution in [3.05, 3.63) is 47.8 Å². The van der Waals surface area contributed by atoms with Crippen molar-refractivity contribution in [1.82, 2.24) is 20.0 Å². The maximum Gasteiger partial charge on any atom is 0.257 e. The molecule has 0 bridgehead atoms. The number of hydrogen-bond acceptors (Lipinski definition) is 4. The van der Waals surface area contributed by atoms with Crippen LogP contribution in [0.4, 0.5) is 0 Å². The molecule has 3 heterocycles. The number of methoxy groups -OCH3 is 1. The largest absolute Gasteiger partial charge is 0.497 e. The van der Waals surface area contributed by atoms with Crippen LogP contribution < -0.4 is 10.1 Å². The third kappa shape index (κ3) is 3.46. The maximum atomic E-state index is 12.8. The number of carbonyl (C=O) groups excluding carboxylic acids is 1. The molecule has 1 amide bonds. The molecule has 6 heteroatoms. The fourth-order valence-corrected chi connectivity index (χ4v) is 4.07. The van der Waals surface area contributed by atoms with Gasteiger partial charge in [-0.25, -0.2) is 0 Å². The molecule has 26 heavy (non-hydrogen) atoms. The van der Waals surface area contributed by atoms with E-state index in [2.05, 4.69) is 10.4 Å². The lowest BCUT2D eigenvalue weighted by atomic mass is 9.78. The monoisotopic (exact) mass is 354 g/mol. The van der Waals surface area contributed by atoms with E-state index < -0.39 is 0 Å². The molecule has 1 spiro atoms. The summed E-state index contributed by atoms with van der Waals surface area (Å²) in [5.41, 5.74) is 2.23. The Morgan fingerprint density at radius 2 is 2.00 bits per heavy atom. The molecule has 2 aliphatic heterocycles. The van der Waals surface area contributed by atoms with Crippen molar-refractivity contribution >= 4 is 5.91 Å². The van der Waals surface area contributed by atoms with Crippen molar-refractivity contribution in [3.63, 3.8) is 0 Å². The van der Waals surface area contributed by atoms with Crippen molar-refractivity contribution in [2.45, 2.75) is 25.8 Å². The summed E-state index contributed by atoms with van der Waals surface area (Å²) in [5.74, 6) is 0.942. The van der Waals surface area contributed by atoms with E-state index in [1.807, 2.05) is 40.0 Å². The highest BCUT2D eigenvalue weighted by molar-refractivity contribution is 5.93. The Kier molecular flexibility index (Phi) is 4.68. The first-order chi connectivity index (χ1) is 12.7. The number of piperidine rings is 1. The van der Waals surface area contributed by atoms with Gasteiger partial charge in [-0.2, -0.15) is 5.10 Å². The standard InChI is InChI=1S/C20H26N4O2/c1-26-18-4-2-16(3-5-18)13-24-14-17(12-22-24)19(25)23-10-7-20(8-11-23)6-9-21-15-20/h2-5,12,14,21H,6-11,13,15H2,1H3. The Hall–Kier alpha value is -2.34. The van der Waals surface area contributed by atoms with Crippen LogP contribution in [-0.4, -0.2) is 53.9 Å². The van der Waals surface area contributed by atoms with E-state index in [9.17, 15) is 4.79 Å². The highest BCUT2D eigenvalue weighted by Gasteiger charge is 2.38. The van der Waals surface area contributed by atoms with E-state index in [1.165, 1.54) is 6.42 Å². The van der Waals surface area contributed by atoms with Gasteiger partial charge in [0.2, 0.25) is 0 Å². The molecule has 1 aromatic carbocycles. The summed E-state index contributed by atoms with van der Waals surface area (Å²) in [4.78, 5) is 14.8. The Balaban J connectivity index is 1.37. The lowest BCUT2D eigenvalue weighted by Crippen LogP contribution is -2.43. The van der Waals surface area contributed by atoms with Crippen LogP contribution in [0.25, 0.3) is 0 Å². The molecule has 0 unspecified atom stereocenters. The summed E-state index contributed by atoms with van der Waals surface area (Å²) in [6, 6.07) is 7.90. The SMILES string of the molecule is COc1ccc(Cn2cc(C(=O)N3CCC4(CCNC4)CC3)cn2)cc1. The van der Waals surface area contributed by atoms with Gasteiger partial charge in [-0.1, -0.05) is 12.1 Å². The van der Waals surface area contributed by atoms with Crippen LogP contribution in [0.5, 0.6) is 5.75 Å². The molecule has 6 nitrogen and oxygen atoms in total. The molecule has 0 saturated carbocycles. The lowest BCUT2D eigenvalue weighted by molar-refractivity contribution is 0.0607. The molecular formula is C20H26N4O2. The highest BCUT2D eigenvalue weighted by Crippen LogP contribution is 2.37. The molecular weight excluding hydrogens is 328 g/mol. The number of rotatable bonds is 4. The van der Waals surface area contributed by atoms with Crippen molar-refractivity contribution in [2.24, 2.45) is 5.41 Å². The minimum atomic E-state index is 0.104. The normalized spacial score (nSPS) is 19.0. The summed E-state index contributed by atoms with van der Waals surface area (Å²) >= 11 is 0. The fourth-order valence-electron chi connectivity index (χ4n) is 4.07. The Labute approximate surface area is 154 Å². The van der Waals surface area contributed by atoms with Crippen molar-refractivity contribution in [2.75, 3.05) is 33.3 Å². The van der Waals surface area contributed by atoms with Gasteiger partial charge in [0.1, 0.15) is 5.75 Å². The first kappa shape index (κ1) is 17.1. The van der Waals surface area contributed by atoms with Gasteiger partial charge in [-0.3, -0.25) is 9.48 Å². The zero-order valence-electron chi connectivity index (χ0n) is 15.3. The summed E-state index contributed by atoms with van der Waals surface area (Å²) < 4.78 is 7.00. The second kappa shape index (κ2) is 7.11. The summed E-state index contributed by atoms with van der Waals surface area (Å²) in [7, 11) is 1.66. The van der Waals surface area contributed by atoms with Crippen LogP contribution in [0, 0.1) is 5.41 Å². The van der Waals surface area contributed by atoms with Crippen molar-refractivity contribution < 1.29 is 9.53 Å². The topological polar surface area (TPSA) is 59.4 Å². The van der Waals surface area contributed by atoms with Gasteiger partial charge in [0.15, 0.2) is 0 Å². The predicted octanol–water partition coefficient (Wildman–Crippen LogP) is 2.16. The molecule has 1 N–H and O–H groups in total. The minimum absolute atomic E-state index is 0.104. The second-order valence-electron chi connectivity index (χ2n) is 7.49. The second-order valence-corrected chi connectivity index (χ2v) is 7.49. The summed E-state index contributed by atoms with van der Waals surface area (Å²) in [5, 5.41) is 7.84. The van der Waals surface area contributed by atoms with E-state index in [4.69, 9.17) is 4.74 Å². The van der Waals surface area contributed by atoms with Crippen LogP contribution in [0.3, 0.4) is 0 Å². The Bertz CT molecular complexity index is 752. The quantitative estimate of drug-likeness (QED) is 0.914. The van der Waals surface area contributed by atoms with Gasteiger partial charge >= 0.3 is 0 Å². The molecule has 2 aliphatic rings. The minimum Gasteiger partial charge on any atom is -0.497 e. The van der Waals surface area contributed by atoms with Crippen molar-refractivity contribution in [3.8, 4) is 5.75 Å². The van der Waals surface area contributed by atoms with Gasteiger partial charge in [0, 0.05) is 25.8 Å². The number of hydrogen-bond donors (Lipinski definition) is 1. The van der Waals surface area contributed by atoms with Gasteiger partial charge in [-0.05, 0) is 48.9 Å². The first-order valence-electron chi connectivity index (χ1n) is 9.33. The predicted molar refractivity (Wildman–Crippen MR) is 99.4 cm³/mol. The number of likely N-dealkylation sites (tertiary alicyclic amines) is 1. The zero-order valence-corrected chi connectivity index (χ0v) is 15.3. The fraction of sp³-hybridized carbons (Fsp3) is 0.500. The molecule has 0 atom stereocenters. The maximum absolute atomic E-state index is 12.8. The number of ether oxygens (including phenoxy) is 1. The number of nitrogens with one attached hydrogen (secondary N) is 1. The number of aromatic nitrogens is 2. The van der Waals surface area contributed by atoms with E-state index in [0.29, 0.717) is 17.5 Å². The number of carbonyl (C=O) groups is 1. The summed E-state index contributed by atoms with van der Waals surface area (Å²) in [6.45, 7) is 4.57. The van der Waals surface area contributed by atoms with Crippen LogP contribution in [0.1, 0.15) is 35.2 Å². The third-order valence-electron chi connectivity index (χ3n) is 5.83. The number of benzene rings is 1. The zero-order chi connectivity index (χ0) is 18.0. The Morgan fingerprint density at radius 1 is 1.23 bits per heavy atom. The van der Waals surface area contributed by atoms with Gasteiger partial charge in [0.05, 0.1) is 25.4 Å².